The molecule has 1 aliphatic heterocycles. The largest absolute Gasteiger partial charge is 0.497 e. The minimum absolute atomic E-state index is 0.0848. The van der Waals surface area contributed by atoms with Gasteiger partial charge in [-0.15, -0.1) is 11.3 Å². The van der Waals surface area contributed by atoms with Crippen molar-refractivity contribution in [2.45, 2.75) is 19.8 Å². The van der Waals surface area contributed by atoms with Gasteiger partial charge in [0.2, 0.25) is 12.2 Å². The van der Waals surface area contributed by atoms with Gasteiger partial charge in [-0.1, -0.05) is 42.0 Å². The minimum atomic E-state index is -2.23. The molecule has 36 heavy (non-hydrogen) atoms. The molecule has 186 valence electrons. The molecular formula is C29H27F2NO3S. The maximum atomic E-state index is 13.4. The number of benzene rings is 3. The van der Waals surface area contributed by atoms with Gasteiger partial charge in [0.25, 0.3) is 0 Å². The summed E-state index contributed by atoms with van der Waals surface area (Å²) >= 11 is 1.39. The maximum Gasteiger partial charge on any atom is 0.243 e. The highest BCUT2D eigenvalue weighted by molar-refractivity contribution is 7.21. The third-order valence-corrected chi connectivity index (χ3v) is 7.71. The second-order valence-corrected chi connectivity index (χ2v) is 10.2. The summed E-state index contributed by atoms with van der Waals surface area (Å²) < 4.78 is 37.9. The number of halogens is 2. The van der Waals surface area contributed by atoms with E-state index in [0.717, 1.165) is 39.9 Å². The van der Waals surface area contributed by atoms with Crippen molar-refractivity contribution < 1.29 is 23.0 Å². The summed E-state index contributed by atoms with van der Waals surface area (Å²) in [7, 11) is 1.62. The maximum absolute atomic E-state index is 13.4. The molecule has 2 heterocycles. The Bertz CT molecular complexity index is 1360. The summed E-state index contributed by atoms with van der Waals surface area (Å²) in [6.45, 7) is 3.68. The fourth-order valence-corrected chi connectivity index (χ4v) is 5.47. The number of ether oxygens (including phenoxy) is 2. The van der Waals surface area contributed by atoms with Gasteiger partial charge in [-0.2, -0.15) is 0 Å². The molecule has 0 N–H and O–H groups in total. The molecule has 1 fully saturated rings. The highest BCUT2D eigenvalue weighted by Gasteiger charge is 2.33. The van der Waals surface area contributed by atoms with Crippen LogP contribution in [-0.2, 0) is 6.42 Å². The van der Waals surface area contributed by atoms with Crippen LogP contribution in [0.3, 0.4) is 0 Å². The van der Waals surface area contributed by atoms with Gasteiger partial charge < -0.3 is 14.4 Å². The molecule has 0 unspecified atom stereocenters. The number of rotatable bonds is 9. The number of alkyl halides is 2. The zero-order chi connectivity index (χ0) is 25.2. The summed E-state index contributed by atoms with van der Waals surface area (Å²) in [6.07, 6.45) is -1.44. The molecule has 0 saturated carbocycles. The number of nitrogens with zero attached hydrogens (tertiary/aromatic N) is 1. The van der Waals surface area contributed by atoms with Gasteiger partial charge in [0.1, 0.15) is 16.4 Å². The van der Waals surface area contributed by atoms with Gasteiger partial charge in [0.05, 0.1) is 7.11 Å². The lowest BCUT2D eigenvalue weighted by molar-refractivity contribution is -0.0233. The highest BCUT2D eigenvalue weighted by atomic mass is 32.1. The average Bonchev–Trinajstić information content (AvgIpc) is 3.21. The molecule has 4 aromatic rings. The van der Waals surface area contributed by atoms with Crippen LogP contribution < -0.4 is 9.47 Å². The summed E-state index contributed by atoms with van der Waals surface area (Å²) in [5.41, 5.74) is 2.81. The first-order valence-corrected chi connectivity index (χ1v) is 12.7. The summed E-state index contributed by atoms with van der Waals surface area (Å²) in [4.78, 5) is 16.0. The number of carbonyl (C=O) groups is 1. The average molecular weight is 508 g/mol. The Morgan fingerprint density at radius 2 is 1.72 bits per heavy atom. The lowest BCUT2D eigenvalue weighted by atomic mass is 10.00. The lowest BCUT2D eigenvalue weighted by Crippen LogP contribution is -2.50. The summed E-state index contributed by atoms with van der Waals surface area (Å²) in [6, 6.07) is 21.0. The molecule has 0 atom stereocenters. The van der Waals surface area contributed by atoms with Crippen LogP contribution >= 0.6 is 11.3 Å². The third kappa shape index (κ3) is 5.13. The van der Waals surface area contributed by atoms with Crippen molar-refractivity contribution in [3.63, 3.8) is 0 Å². The summed E-state index contributed by atoms with van der Waals surface area (Å²) in [5.74, 6) is 1.32. The van der Waals surface area contributed by atoms with Crippen molar-refractivity contribution in [2.24, 2.45) is 5.92 Å². The van der Waals surface area contributed by atoms with E-state index < -0.39 is 12.3 Å². The first-order valence-electron chi connectivity index (χ1n) is 11.9. The Labute approximate surface area is 213 Å². The van der Waals surface area contributed by atoms with Crippen molar-refractivity contribution in [3.05, 3.63) is 88.3 Å². The Morgan fingerprint density at radius 3 is 2.39 bits per heavy atom. The van der Waals surface area contributed by atoms with E-state index in [2.05, 4.69) is 4.90 Å². The molecular weight excluding hydrogens is 480 g/mol. The number of hydrogen-bond acceptors (Lipinski definition) is 5. The first-order chi connectivity index (χ1) is 17.4. The van der Waals surface area contributed by atoms with Crippen LogP contribution in [0.25, 0.3) is 10.1 Å². The molecule has 0 bridgehead atoms. The first kappa shape index (κ1) is 24.4. The molecule has 1 aromatic heterocycles. The molecule has 1 saturated heterocycles. The second-order valence-electron chi connectivity index (χ2n) is 9.17. The van der Waals surface area contributed by atoms with E-state index in [0.29, 0.717) is 35.0 Å². The zero-order valence-electron chi connectivity index (χ0n) is 20.2. The summed E-state index contributed by atoms with van der Waals surface area (Å²) in [5, 5.41) is 0.853. The topological polar surface area (TPSA) is 38.8 Å². The van der Waals surface area contributed by atoms with Crippen LogP contribution in [0, 0.1) is 12.8 Å². The quantitative estimate of drug-likeness (QED) is 0.229. The van der Waals surface area contributed by atoms with E-state index >= 15 is 0 Å². The van der Waals surface area contributed by atoms with E-state index in [1.165, 1.54) is 11.3 Å². The van der Waals surface area contributed by atoms with E-state index in [1.807, 2.05) is 73.7 Å². The van der Waals surface area contributed by atoms with Crippen molar-refractivity contribution in [2.75, 3.05) is 26.7 Å². The normalized spacial score (nSPS) is 14.2. The molecule has 3 aromatic carbocycles. The Morgan fingerprint density at radius 1 is 1.03 bits per heavy atom. The van der Waals surface area contributed by atoms with Crippen LogP contribution in [0.1, 0.15) is 26.4 Å². The van der Waals surface area contributed by atoms with Gasteiger partial charge in [-0.05, 0) is 49.2 Å². The predicted octanol–water partition coefficient (Wildman–Crippen LogP) is 6.98. The molecule has 0 amide bonds. The number of carbonyl (C=O) groups excluding carboxylic acids is 1. The van der Waals surface area contributed by atoms with Gasteiger partial charge >= 0.3 is 0 Å². The van der Waals surface area contributed by atoms with E-state index in [1.54, 1.807) is 7.11 Å². The SMILES string of the molecule is COc1ccc2c(Oc3ccc(CCN4CC(C(F)F)C4)cc3)c(C(=O)c3ccc(C)cc3)sc2c1. The smallest absolute Gasteiger partial charge is 0.243 e. The monoisotopic (exact) mass is 507 g/mol. The minimum Gasteiger partial charge on any atom is -0.497 e. The number of ketones is 1. The molecule has 1 aliphatic rings. The van der Waals surface area contributed by atoms with Crippen molar-refractivity contribution in [3.8, 4) is 17.2 Å². The number of fused-ring (bicyclic) bond motifs is 1. The lowest BCUT2D eigenvalue weighted by Gasteiger charge is -2.38. The van der Waals surface area contributed by atoms with Crippen LogP contribution in [-0.4, -0.2) is 43.9 Å². The van der Waals surface area contributed by atoms with Crippen molar-refractivity contribution in [1.29, 1.82) is 0 Å². The standard InChI is InChI=1S/C29H27F2NO3S/c1-18-3-7-20(8-4-18)26(33)28-27(24-12-11-23(34-2)15-25(24)36-28)35-22-9-5-19(6-10-22)13-14-32-16-21(17-32)29(30)31/h3-12,15,21,29H,13-14,16-17H2,1-2H3. The fraction of sp³-hybridized carbons (Fsp3) is 0.276. The molecule has 4 nitrogen and oxygen atoms in total. The molecule has 5 rings (SSSR count). The fourth-order valence-electron chi connectivity index (χ4n) is 4.35. The Balaban J connectivity index is 1.36. The van der Waals surface area contributed by atoms with Gasteiger partial charge in [-0.3, -0.25) is 4.79 Å². The third-order valence-electron chi connectivity index (χ3n) is 6.57. The molecule has 0 aliphatic carbocycles. The van der Waals surface area contributed by atoms with Crippen LogP contribution in [0.2, 0.25) is 0 Å². The van der Waals surface area contributed by atoms with E-state index in [4.69, 9.17) is 9.47 Å². The zero-order valence-corrected chi connectivity index (χ0v) is 21.0. The van der Waals surface area contributed by atoms with E-state index in [-0.39, 0.29) is 5.78 Å². The second kappa shape index (κ2) is 10.4. The van der Waals surface area contributed by atoms with Crippen LogP contribution in [0.5, 0.6) is 17.2 Å². The number of hydrogen-bond donors (Lipinski definition) is 0. The highest BCUT2D eigenvalue weighted by Crippen LogP contribution is 2.42. The Hall–Kier alpha value is -3.29. The van der Waals surface area contributed by atoms with E-state index in [9.17, 15) is 13.6 Å². The molecule has 0 radical (unpaired) electrons. The van der Waals surface area contributed by atoms with Crippen LogP contribution in [0.4, 0.5) is 8.78 Å². The van der Waals surface area contributed by atoms with Crippen molar-refractivity contribution in [1.82, 2.24) is 4.90 Å². The number of likely N-dealkylation sites (tertiary alicyclic amines) is 1. The number of thiophene rings is 1. The van der Waals surface area contributed by atoms with Gasteiger partial charge in [-0.25, -0.2) is 8.78 Å². The van der Waals surface area contributed by atoms with Crippen LogP contribution in [0.15, 0.2) is 66.7 Å². The Kier molecular flexibility index (Phi) is 7.03. The molecule has 0 spiro atoms. The van der Waals surface area contributed by atoms with Crippen molar-refractivity contribution >= 4 is 27.2 Å². The number of aryl methyl sites for hydroxylation is 1. The predicted molar refractivity (Wildman–Crippen MR) is 139 cm³/mol. The number of methoxy groups -OCH3 is 1. The van der Waals surface area contributed by atoms with Gasteiger partial charge in [0.15, 0.2) is 5.75 Å². The molecule has 7 heteroatoms. The van der Waals surface area contributed by atoms with Gasteiger partial charge in [0, 0.05) is 41.2 Å².